The lowest BCUT2D eigenvalue weighted by Gasteiger charge is -2.19. The monoisotopic (exact) mass is 536 g/mol. The van der Waals surface area contributed by atoms with E-state index < -0.39 is 0 Å². The lowest BCUT2D eigenvalue weighted by atomic mass is 9.83. The highest BCUT2D eigenvalue weighted by atomic mass is 16.3. The van der Waals surface area contributed by atoms with E-state index in [2.05, 4.69) is 127 Å². The van der Waals surface area contributed by atoms with Crippen molar-refractivity contribution in [2.45, 2.75) is 0 Å². The average Bonchev–Trinajstić information content (AvgIpc) is 3.69. The second-order valence-corrected chi connectivity index (χ2v) is 10.8. The van der Waals surface area contributed by atoms with Crippen LogP contribution in [0.25, 0.3) is 87.8 Å². The Balaban J connectivity index is 1.42. The van der Waals surface area contributed by atoms with Gasteiger partial charge in [0.25, 0.3) is 0 Å². The highest BCUT2D eigenvalue weighted by Crippen LogP contribution is 2.48. The van der Waals surface area contributed by atoms with Crippen molar-refractivity contribution in [3.8, 4) is 33.4 Å². The molecule has 2 aromatic heterocycles. The molecular weight excluding hydrogens is 512 g/mol. The van der Waals surface area contributed by atoms with Gasteiger partial charge in [0, 0.05) is 21.9 Å². The summed E-state index contributed by atoms with van der Waals surface area (Å²) in [5.74, 6) is 0. The zero-order chi connectivity index (χ0) is 27.6. The molecule has 0 fully saturated rings. The number of hydrogen-bond acceptors (Lipinski definition) is 2. The van der Waals surface area contributed by atoms with Gasteiger partial charge in [-0.25, -0.2) is 0 Å². The smallest absolute Gasteiger partial charge is 0.146 e. The Morgan fingerprint density at radius 1 is 0.333 bits per heavy atom. The quantitative estimate of drug-likeness (QED) is 0.210. The molecule has 9 aromatic rings. The van der Waals surface area contributed by atoms with Gasteiger partial charge >= 0.3 is 0 Å². The van der Waals surface area contributed by atoms with Crippen molar-refractivity contribution in [2.75, 3.05) is 0 Å². The van der Waals surface area contributed by atoms with Gasteiger partial charge in [0.1, 0.15) is 16.7 Å². The summed E-state index contributed by atoms with van der Waals surface area (Å²) in [5.41, 5.74) is 9.80. The fourth-order valence-electron chi connectivity index (χ4n) is 6.78. The molecule has 0 amide bonds. The first-order valence-corrected chi connectivity index (χ1v) is 14.3. The number of fused-ring (bicyclic) bond motifs is 7. The first-order valence-electron chi connectivity index (χ1n) is 14.3. The van der Waals surface area contributed by atoms with Crippen LogP contribution in [0, 0.1) is 0 Å². The molecule has 2 nitrogen and oxygen atoms in total. The van der Waals surface area contributed by atoms with Crippen molar-refractivity contribution in [3.05, 3.63) is 146 Å². The number of hydrogen-bond donors (Lipinski definition) is 0. The molecule has 9 rings (SSSR count). The van der Waals surface area contributed by atoms with Gasteiger partial charge in [0.15, 0.2) is 0 Å². The van der Waals surface area contributed by atoms with Crippen LogP contribution in [-0.2, 0) is 0 Å². The van der Waals surface area contributed by atoms with E-state index in [0.29, 0.717) is 0 Å². The minimum atomic E-state index is 0.834. The van der Waals surface area contributed by atoms with Gasteiger partial charge in [0.2, 0.25) is 0 Å². The second-order valence-electron chi connectivity index (χ2n) is 10.8. The van der Waals surface area contributed by atoms with Gasteiger partial charge in [-0.3, -0.25) is 0 Å². The Labute approximate surface area is 242 Å². The van der Waals surface area contributed by atoms with Crippen molar-refractivity contribution >= 4 is 54.5 Å². The minimum absolute atomic E-state index is 0.834. The molecule has 2 heteroatoms. The maximum atomic E-state index is 6.74. The Morgan fingerprint density at radius 3 is 1.60 bits per heavy atom. The third-order valence-corrected chi connectivity index (χ3v) is 8.58. The van der Waals surface area contributed by atoms with Crippen molar-refractivity contribution in [3.63, 3.8) is 0 Å². The molecular formula is C40H24O2. The predicted molar refractivity (Wildman–Crippen MR) is 175 cm³/mol. The third kappa shape index (κ3) is 3.27. The summed E-state index contributed by atoms with van der Waals surface area (Å²) in [4.78, 5) is 0. The SMILES string of the molecule is c1ccc(-c2ccccc2-c2c3ccccc3c(-c3cccc4c3oc3c5ccoc5ccc43)c3ccccc23)cc1. The zero-order valence-electron chi connectivity index (χ0n) is 22.7. The summed E-state index contributed by atoms with van der Waals surface area (Å²) < 4.78 is 12.4. The summed E-state index contributed by atoms with van der Waals surface area (Å²) in [6.45, 7) is 0. The first-order chi connectivity index (χ1) is 20.9. The third-order valence-electron chi connectivity index (χ3n) is 8.58. The zero-order valence-corrected chi connectivity index (χ0v) is 22.7. The second kappa shape index (κ2) is 8.95. The Morgan fingerprint density at radius 2 is 0.881 bits per heavy atom. The van der Waals surface area contributed by atoms with E-state index in [1.54, 1.807) is 6.26 Å². The molecule has 2 heterocycles. The molecule has 0 saturated heterocycles. The van der Waals surface area contributed by atoms with E-state index in [1.165, 1.54) is 49.4 Å². The van der Waals surface area contributed by atoms with Crippen molar-refractivity contribution in [2.24, 2.45) is 0 Å². The number of para-hydroxylation sites is 1. The molecule has 7 aromatic carbocycles. The van der Waals surface area contributed by atoms with Crippen LogP contribution in [-0.4, -0.2) is 0 Å². The summed E-state index contributed by atoms with van der Waals surface area (Å²) in [6, 6.07) is 49.7. The number of benzene rings is 7. The Kier molecular flexibility index (Phi) is 4.93. The van der Waals surface area contributed by atoms with Crippen LogP contribution >= 0.6 is 0 Å². The maximum Gasteiger partial charge on any atom is 0.146 e. The van der Waals surface area contributed by atoms with Crippen LogP contribution in [0.3, 0.4) is 0 Å². The van der Waals surface area contributed by atoms with Gasteiger partial charge in [0.05, 0.1) is 11.6 Å². The van der Waals surface area contributed by atoms with Crippen LogP contribution in [0.1, 0.15) is 0 Å². The molecule has 0 N–H and O–H groups in total. The van der Waals surface area contributed by atoms with Crippen LogP contribution in [0.4, 0.5) is 0 Å². The van der Waals surface area contributed by atoms with E-state index in [0.717, 1.165) is 38.5 Å². The van der Waals surface area contributed by atoms with Gasteiger partial charge < -0.3 is 8.83 Å². The van der Waals surface area contributed by atoms with Gasteiger partial charge in [-0.05, 0) is 62.0 Å². The topological polar surface area (TPSA) is 26.3 Å². The Hall–Kier alpha value is -5.60. The highest BCUT2D eigenvalue weighted by Gasteiger charge is 2.22. The van der Waals surface area contributed by atoms with Crippen LogP contribution in [0.2, 0.25) is 0 Å². The standard InChI is InChI=1S/C40H24O2/c1-2-11-25(12-3-1)26-13-4-5-14-27(26)37-28-15-6-8-17-30(28)38(31-18-9-7-16-29(31)37)35-20-10-19-32-33-21-22-36-34(23-24-41-36)39(33)42-40(32)35/h1-24H. The van der Waals surface area contributed by atoms with Gasteiger partial charge in [-0.15, -0.1) is 0 Å². The summed E-state index contributed by atoms with van der Waals surface area (Å²) in [5, 5.41) is 8.06. The summed E-state index contributed by atoms with van der Waals surface area (Å²) in [6.07, 6.45) is 1.73. The van der Waals surface area contributed by atoms with E-state index in [9.17, 15) is 0 Å². The first kappa shape index (κ1) is 23.1. The van der Waals surface area contributed by atoms with E-state index in [1.807, 2.05) is 12.1 Å². The van der Waals surface area contributed by atoms with Gasteiger partial charge in [-0.2, -0.15) is 0 Å². The molecule has 42 heavy (non-hydrogen) atoms. The van der Waals surface area contributed by atoms with E-state index >= 15 is 0 Å². The maximum absolute atomic E-state index is 6.74. The van der Waals surface area contributed by atoms with Crippen LogP contribution in [0.15, 0.2) is 155 Å². The fraction of sp³-hybridized carbons (Fsp3) is 0. The van der Waals surface area contributed by atoms with Crippen LogP contribution in [0.5, 0.6) is 0 Å². The lowest BCUT2D eigenvalue weighted by Crippen LogP contribution is -1.92. The molecule has 0 spiro atoms. The molecule has 0 aliphatic carbocycles. The normalized spacial score (nSPS) is 11.8. The predicted octanol–water partition coefficient (Wildman–Crippen LogP) is 11.6. The fourth-order valence-corrected chi connectivity index (χ4v) is 6.78. The van der Waals surface area contributed by atoms with E-state index in [4.69, 9.17) is 8.83 Å². The van der Waals surface area contributed by atoms with Crippen molar-refractivity contribution in [1.82, 2.24) is 0 Å². The molecule has 0 radical (unpaired) electrons. The summed E-state index contributed by atoms with van der Waals surface area (Å²) >= 11 is 0. The van der Waals surface area contributed by atoms with Crippen molar-refractivity contribution < 1.29 is 8.83 Å². The minimum Gasteiger partial charge on any atom is -0.464 e. The van der Waals surface area contributed by atoms with Crippen LogP contribution < -0.4 is 0 Å². The van der Waals surface area contributed by atoms with E-state index in [-0.39, 0.29) is 0 Å². The molecule has 0 bridgehead atoms. The van der Waals surface area contributed by atoms with Gasteiger partial charge in [-0.1, -0.05) is 121 Å². The summed E-state index contributed by atoms with van der Waals surface area (Å²) in [7, 11) is 0. The molecule has 0 saturated carbocycles. The largest absolute Gasteiger partial charge is 0.464 e. The molecule has 0 aliphatic heterocycles. The number of furan rings is 2. The molecule has 0 aliphatic rings. The average molecular weight is 537 g/mol. The van der Waals surface area contributed by atoms with Crippen molar-refractivity contribution in [1.29, 1.82) is 0 Å². The highest BCUT2D eigenvalue weighted by molar-refractivity contribution is 6.25. The molecule has 196 valence electrons. The number of rotatable bonds is 3. The Bertz CT molecular complexity index is 2400. The lowest BCUT2D eigenvalue weighted by molar-refractivity contribution is 0.615. The molecule has 0 unspecified atom stereocenters. The molecule has 0 atom stereocenters.